The van der Waals surface area contributed by atoms with E-state index >= 15 is 0 Å². The van der Waals surface area contributed by atoms with Crippen molar-refractivity contribution >= 4 is 5.69 Å². The van der Waals surface area contributed by atoms with E-state index < -0.39 is 0 Å². The third-order valence-electron chi connectivity index (χ3n) is 2.78. The average molecular weight is 243 g/mol. The highest BCUT2D eigenvalue weighted by molar-refractivity contribution is 5.49. The van der Waals surface area contributed by atoms with Gasteiger partial charge in [-0.1, -0.05) is 12.1 Å². The Hall–Kier alpha value is -2.16. The molecule has 3 heteroatoms. The maximum Gasteiger partial charge on any atom is 0.120 e. The second-order valence-corrected chi connectivity index (χ2v) is 4.16. The van der Waals surface area contributed by atoms with Gasteiger partial charge in [0.15, 0.2) is 0 Å². The van der Waals surface area contributed by atoms with Crippen LogP contribution in [0.2, 0.25) is 0 Å². The van der Waals surface area contributed by atoms with Crippen molar-refractivity contribution < 1.29 is 9.47 Å². The molecular formula is C15H17NO2. The van der Waals surface area contributed by atoms with Crippen molar-refractivity contribution in [2.75, 3.05) is 12.8 Å². The summed E-state index contributed by atoms with van der Waals surface area (Å²) >= 11 is 0. The number of nitrogen functional groups attached to an aromatic ring is 1. The van der Waals surface area contributed by atoms with Crippen molar-refractivity contribution in [3.63, 3.8) is 0 Å². The zero-order chi connectivity index (χ0) is 13.0. The quantitative estimate of drug-likeness (QED) is 0.839. The van der Waals surface area contributed by atoms with Gasteiger partial charge in [-0.15, -0.1) is 0 Å². The first kappa shape index (κ1) is 12.3. The number of anilines is 1. The second-order valence-electron chi connectivity index (χ2n) is 4.16. The molecule has 2 aromatic rings. The minimum Gasteiger partial charge on any atom is -0.497 e. The molecule has 2 N–H and O–H groups in total. The van der Waals surface area contributed by atoms with Crippen LogP contribution in [0.1, 0.15) is 11.1 Å². The highest BCUT2D eigenvalue weighted by Crippen LogP contribution is 2.20. The summed E-state index contributed by atoms with van der Waals surface area (Å²) in [5, 5.41) is 0. The lowest BCUT2D eigenvalue weighted by Crippen LogP contribution is -1.97. The molecule has 0 aromatic heterocycles. The van der Waals surface area contributed by atoms with Crippen LogP contribution in [0, 0.1) is 6.92 Å². The normalized spacial score (nSPS) is 10.1. The smallest absolute Gasteiger partial charge is 0.120 e. The van der Waals surface area contributed by atoms with Gasteiger partial charge in [-0.3, -0.25) is 0 Å². The Kier molecular flexibility index (Phi) is 3.72. The minimum absolute atomic E-state index is 0.514. The molecule has 94 valence electrons. The molecule has 0 heterocycles. The molecule has 3 nitrogen and oxygen atoms in total. The van der Waals surface area contributed by atoms with E-state index in [1.165, 1.54) is 0 Å². The number of benzene rings is 2. The van der Waals surface area contributed by atoms with Crippen LogP contribution >= 0.6 is 0 Å². The van der Waals surface area contributed by atoms with Gasteiger partial charge in [0, 0.05) is 5.69 Å². The van der Waals surface area contributed by atoms with E-state index in [0.29, 0.717) is 6.61 Å². The molecule has 0 aliphatic rings. The standard InChI is InChI=1S/C15H17NO2/c1-11-8-14(6-7-15(11)16)18-10-12-4-3-5-13(9-12)17-2/h3-9H,10,16H2,1-2H3. The van der Waals surface area contributed by atoms with Crippen LogP contribution in [0.3, 0.4) is 0 Å². The molecule has 0 atom stereocenters. The van der Waals surface area contributed by atoms with Gasteiger partial charge < -0.3 is 15.2 Å². The summed E-state index contributed by atoms with van der Waals surface area (Å²) in [6.45, 7) is 2.48. The Labute approximate surface area is 107 Å². The predicted molar refractivity (Wildman–Crippen MR) is 72.9 cm³/mol. The van der Waals surface area contributed by atoms with Gasteiger partial charge in [-0.2, -0.15) is 0 Å². The molecule has 0 saturated heterocycles. The number of hydrogen-bond acceptors (Lipinski definition) is 3. The Morgan fingerprint density at radius 2 is 1.89 bits per heavy atom. The molecule has 0 aliphatic heterocycles. The molecule has 0 radical (unpaired) electrons. The van der Waals surface area contributed by atoms with Crippen molar-refractivity contribution in [2.24, 2.45) is 0 Å². The van der Waals surface area contributed by atoms with Crippen LogP contribution in [0.15, 0.2) is 42.5 Å². The molecule has 0 saturated carbocycles. The summed E-state index contributed by atoms with van der Waals surface area (Å²) < 4.78 is 10.9. The van der Waals surface area contributed by atoms with Crippen LogP contribution < -0.4 is 15.2 Å². The molecule has 2 aromatic carbocycles. The van der Waals surface area contributed by atoms with Crippen molar-refractivity contribution in [1.82, 2.24) is 0 Å². The van der Waals surface area contributed by atoms with E-state index in [4.69, 9.17) is 15.2 Å². The van der Waals surface area contributed by atoms with Gasteiger partial charge >= 0.3 is 0 Å². The van der Waals surface area contributed by atoms with Crippen molar-refractivity contribution in [2.45, 2.75) is 13.5 Å². The third kappa shape index (κ3) is 2.94. The topological polar surface area (TPSA) is 44.5 Å². The largest absolute Gasteiger partial charge is 0.497 e. The number of aryl methyl sites for hydroxylation is 1. The monoisotopic (exact) mass is 243 g/mol. The molecule has 0 unspecified atom stereocenters. The first-order chi connectivity index (χ1) is 8.69. The highest BCUT2D eigenvalue weighted by Gasteiger charge is 2.00. The lowest BCUT2D eigenvalue weighted by atomic mass is 10.2. The number of hydrogen-bond donors (Lipinski definition) is 1. The fourth-order valence-electron chi connectivity index (χ4n) is 1.67. The predicted octanol–water partition coefficient (Wildman–Crippen LogP) is 3.16. The fraction of sp³-hybridized carbons (Fsp3) is 0.200. The first-order valence-electron chi connectivity index (χ1n) is 5.81. The van der Waals surface area contributed by atoms with Crippen molar-refractivity contribution in [1.29, 1.82) is 0 Å². The maximum absolute atomic E-state index is 5.76. The number of rotatable bonds is 4. The van der Waals surface area contributed by atoms with Crippen LogP contribution in [-0.2, 0) is 6.61 Å². The van der Waals surface area contributed by atoms with Gasteiger partial charge in [-0.25, -0.2) is 0 Å². The first-order valence-corrected chi connectivity index (χ1v) is 5.81. The molecule has 18 heavy (non-hydrogen) atoms. The van der Waals surface area contributed by atoms with Crippen molar-refractivity contribution in [3.8, 4) is 11.5 Å². The second kappa shape index (κ2) is 5.45. The summed E-state index contributed by atoms with van der Waals surface area (Å²) in [6.07, 6.45) is 0. The van der Waals surface area contributed by atoms with E-state index in [2.05, 4.69) is 0 Å². The fourth-order valence-corrected chi connectivity index (χ4v) is 1.67. The molecule has 2 rings (SSSR count). The highest BCUT2D eigenvalue weighted by atomic mass is 16.5. The molecule has 0 aliphatic carbocycles. The number of ether oxygens (including phenoxy) is 2. The van der Waals surface area contributed by atoms with Crippen LogP contribution in [0.25, 0.3) is 0 Å². The average Bonchev–Trinajstić information content (AvgIpc) is 2.40. The minimum atomic E-state index is 0.514. The molecule has 0 fully saturated rings. The third-order valence-corrected chi connectivity index (χ3v) is 2.78. The number of methoxy groups -OCH3 is 1. The summed E-state index contributed by atoms with van der Waals surface area (Å²) in [4.78, 5) is 0. The molecule has 0 amide bonds. The summed E-state index contributed by atoms with van der Waals surface area (Å²) in [5.41, 5.74) is 8.64. The Morgan fingerprint density at radius 3 is 2.61 bits per heavy atom. The Balaban J connectivity index is 2.04. The summed E-state index contributed by atoms with van der Waals surface area (Å²) in [7, 11) is 1.66. The van der Waals surface area contributed by atoms with Crippen LogP contribution in [0.5, 0.6) is 11.5 Å². The van der Waals surface area contributed by atoms with E-state index in [9.17, 15) is 0 Å². The number of nitrogens with two attached hydrogens (primary N) is 1. The summed E-state index contributed by atoms with van der Waals surface area (Å²) in [5.74, 6) is 1.66. The zero-order valence-electron chi connectivity index (χ0n) is 10.6. The molecular weight excluding hydrogens is 226 g/mol. The lowest BCUT2D eigenvalue weighted by molar-refractivity contribution is 0.305. The van der Waals surface area contributed by atoms with Gasteiger partial charge in [0.05, 0.1) is 7.11 Å². The van der Waals surface area contributed by atoms with Crippen LogP contribution in [-0.4, -0.2) is 7.11 Å². The van der Waals surface area contributed by atoms with E-state index in [1.807, 2.05) is 49.4 Å². The van der Waals surface area contributed by atoms with E-state index in [0.717, 1.165) is 28.3 Å². The van der Waals surface area contributed by atoms with Gasteiger partial charge in [-0.05, 0) is 48.4 Å². The van der Waals surface area contributed by atoms with Gasteiger partial charge in [0.1, 0.15) is 18.1 Å². The van der Waals surface area contributed by atoms with Gasteiger partial charge in [0.25, 0.3) is 0 Å². The molecule has 0 bridgehead atoms. The zero-order valence-corrected chi connectivity index (χ0v) is 10.6. The maximum atomic E-state index is 5.76. The van der Waals surface area contributed by atoms with E-state index in [-0.39, 0.29) is 0 Å². The summed E-state index contributed by atoms with van der Waals surface area (Å²) in [6, 6.07) is 13.5. The van der Waals surface area contributed by atoms with Crippen molar-refractivity contribution in [3.05, 3.63) is 53.6 Å². The van der Waals surface area contributed by atoms with Crippen LogP contribution in [0.4, 0.5) is 5.69 Å². The lowest BCUT2D eigenvalue weighted by Gasteiger charge is -2.09. The van der Waals surface area contributed by atoms with E-state index in [1.54, 1.807) is 7.11 Å². The Bertz CT molecular complexity index is 538. The molecule has 0 spiro atoms. The Morgan fingerprint density at radius 1 is 1.06 bits per heavy atom. The SMILES string of the molecule is COc1cccc(COc2ccc(N)c(C)c2)c1. The van der Waals surface area contributed by atoms with Gasteiger partial charge in [0.2, 0.25) is 0 Å².